The zero-order valence-corrected chi connectivity index (χ0v) is 21.4. The van der Waals surface area contributed by atoms with E-state index in [1.165, 1.54) is 18.0 Å². The predicted molar refractivity (Wildman–Crippen MR) is 147 cm³/mol. The molecule has 0 spiro atoms. The van der Waals surface area contributed by atoms with Crippen molar-refractivity contribution in [1.82, 2.24) is 20.2 Å². The molecule has 1 aromatic heterocycles. The number of aromatic nitrogens is 3. The second-order valence-electron chi connectivity index (χ2n) is 8.14. The summed E-state index contributed by atoms with van der Waals surface area (Å²) in [4.78, 5) is 12.5. The van der Waals surface area contributed by atoms with Gasteiger partial charge in [0.25, 0.3) is 5.91 Å². The van der Waals surface area contributed by atoms with Gasteiger partial charge in [0.2, 0.25) is 0 Å². The lowest BCUT2D eigenvalue weighted by molar-refractivity contribution is -0.118. The molecule has 0 bridgehead atoms. The Morgan fingerprint density at radius 3 is 2.59 bits per heavy atom. The molecule has 0 atom stereocenters. The van der Waals surface area contributed by atoms with Crippen LogP contribution >= 0.6 is 11.8 Å². The van der Waals surface area contributed by atoms with E-state index in [2.05, 4.69) is 27.3 Å². The number of thioether (sulfide) groups is 1. The predicted octanol–water partition coefficient (Wildman–Crippen LogP) is 4.93. The summed E-state index contributed by atoms with van der Waals surface area (Å²) in [5, 5.41) is 23.7. The number of phenols is 1. The number of hydrogen-bond acceptors (Lipinski definition) is 7. The molecule has 0 aliphatic carbocycles. The molecular weight excluding hydrogens is 486 g/mol. The monoisotopic (exact) mass is 513 g/mol. The fourth-order valence-corrected chi connectivity index (χ4v) is 4.33. The maximum absolute atomic E-state index is 12.5. The number of carbonyl (C=O) groups excluding carboxylic acids is 1. The van der Waals surface area contributed by atoms with Crippen LogP contribution in [0.5, 0.6) is 11.5 Å². The van der Waals surface area contributed by atoms with E-state index in [0.717, 1.165) is 28.1 Å². The first kappa shape index (κ1) is 25.7. The van der Waals surface area contributed by atoms with Crippen LogP contribution in [0.1, 0.15) is 16.7 Å². The van der Waals surface area contributed by atoms with Gasteiger partial charge >= 0.3 is 0 Å². The fraction of sp³-hybridized carbons (Fsp3) is 0.143. The van der Waals surface area contributed by atoms with E-state index in [1.54, 1.807) is 19.3 Å². The zero-order chi connectivity index (χ0) is 26.2. The van der Waals surface area contributed by atoms with E-state index in [9.17, 15) is 9.90 Å². The van der Waals surface area contributed by atoms with Crippen LogP contribution in [0, 0.1) is 6.92 Å². The molecular formula is C28H27N5O3S. The SMILES string of the molecule is C=CCc1cccc(/C=N\NC(=O)CSc2nnc(-c3ccc(C)cc3)n2-c2ccc(OC)cc2)c1O. The molecule has 0 aliphatic heterocycles. The lowest BCUT2D eigenvalue weighted by Crippen LogP contribution is -2.20. The van der Waals surface area contributed by atoms with E-state index in [1.807, 2.05) is 72.2 Å². The summed E-state index contributed by atoms with van der Waals surface area (Å²) in [6.45, 7) is 5.72. The Kier molecular flexibility index (Phi) is 8.37. The molecule has 0 saturated carbocycles. The van der Waals surface area contributed by atoms with Crippen molar-refractivity contribution in [2.75, 3.05) is 12.9 Å². The number of allylic oxidation sites excluding steroid dienone is 1. The number of methoxy groups -OCH3 is 1. The Morgan fingerprint density at radius 1 is 1.14 bits per heavy atom. The maximum Gasteiger partial charge on any atom is 0.250 e. The molecule has 0 aliphatic rings. The molecule has 9 heteroatoms. The van der Waals surface area contributed by atoms with Gasteiger partial charge in [0, 0.05) is 16.8 Å². The van der Waals surface area contributed by atoms with Gasteiger partial charge in [-0.15, -0.1) is 16.8 Å². The molecule has 0 saturated heterocycles. The number of rotatable bonds is 10. The number of aromatic hydroxyl groups is 1. The van der Waals surface area contributed by atoms with Gasteiger partial charge in [-0.3, -0.25) is 9.36 Å². The van der Waals surface area contributed by atoms with E-state index in [4.69, 9.17) is 4.74 Å². The Labute approximate surface area is 219 Å². The quantitative estimate of drug-likeness (QED) is 0.135. The van der Waals surface area contributed by atoms with Gasteiger partial charge in [-0.05, 0) is 49.2 Å². The van der Waals surface area contributed by atoms with Crippen LogP contribution in [0.25, 0.3) is 17.1 Å². The summed E-state index contributed by atoms with van der Waals surface area (Å²) in [7, 11) is 1.62. The average molecular weight is 514 g/mol. The Morgan fingerprint density at radius 2 is 1.89 bits per heavy atom. The zero-order valence-electron chi connectivity index (χ0n) is 20.6. The first-order valence-corrected chi connectivity index (χ1v) is 12.5. The van der Waals surface area contributed by atoms with Crippen molar-refractivity contribution in [3.8, 4) is 28.6 Å². The third-order valence-corrected chi connectivity index (χ3v) is 6.44. The molecule has 4 aromatic rings. The van der Waals surface area contributed by atoms with Gasteiger partial charge in [-0.25, -0.2) is 5.43 Å². The Bertz CT molecular complexity index is 1410. The molecule has 0 unspecified atom stereocenters. The summed E-state index contributed by atoms with van der Waals surface area (Å²) in [5.41, 5.74) is 6.65. The number of aryl methyl sites for hydroxylation is 1. The molecule has 4 rings (SSSR count). The first-order valence-electron chi connectivity index (χ1n) is 11.5. The van der Waals surface area contributed by atoms with Crippen molar-refractivity contribution in [3.63, 3.8) is 0 Å². The van der Waals surface area contributed by atoms with Crippen molar-refractivity contribution in [2.24, 2.45) is 5.10 Å². The number of phenolic OH excluding ortho intramolecular Hbond substituents is 1. The van der Waals surface area contributed by atoms with Gasteiger partial charge in [0.1, 0.15) is 11.5 Å². The molecule has 1 amide bonds. The average Bonchev–Trinajstić information content (AvgIpc) is 3.34. The minimum atomic E-state index is -0.316. The lowest BCUT2D eigenvalue weighted by Gasteiger charge is -2.11. The third kappa shape index (κ3) is 6.25. The molecule has 188 valence electrons. The second kappa shape index (κ2) is 12.0. The standard InChI is InChI=1S/C28H27N5O3S/c1-4-6-20-7-5-8-22(26(20)35)17-29-30-25(34)18-37-28-32-31-27(21-11-9-19(2)10-12-21)33(28)23-13-15-24(36-3)16-14-23/h4-5,7-17,35H,1,6,18H2,2-3H3,(H,30,34)/b29-17-. The lowest BCUT2D eigenvalue weighted by atomic mass is 10.1. The largest absolute Gasteiger partial charge is 0.507 e. The van der Waals surface area contributed by atoms with Gasteiger partial charge in [-0.2, -0.15) is 5.10 Å². The van der Waals surface area contributed by atoms with Gasteiger partial charge in [0.05, 0.1) is 19.1 Å². The number of benzene rings is 3. The summed E-state index contributed by atoms with van der Waals surface area (Å²) in [6, 6.07) is 20.9. The molecule has 0 fully saturated rings. The highest BCUT2D eigenvalue weighted by molar-refractivity contribution is 7.99. The number of nitrogens with one attached hydrogen (secondary N) is 1. The highest BCUT2D eigenvalue weighted by Crippen LogP contribution is 2.29. The molecule has 1 heterocycles. The van der Waals surface area contributed by atoms with Crippen LogP contribution in [0.2, 0.25) is 0 Å². The number of amides is 1. The number of ether oxygens (including phenoxy) is 1. The summed E-state index contributed by atoms with van der Waals surface area (Å²) in [6.07, 6.45) is 3.67. The molecule has 3 aromatic carbocycles. The molecule has 8 nitrogen and oxygen atoms in total. The van der Waals surface area contributed by atoms with Gasteiger partial charge in [0.15, 0.2) is 11.0 Å². The number of para-hydroxylation sites is 1. The number of hydrazone groups is 1. The number of hydrogen-bond donors (Lipinski definition) is 2. The Hall–Kier alpha value is -4.37. The minimum absolute atomic E-state index is 0.0714. The smallest absolute Gasteiger partial charge is 0.250 e. The van der Waals surface area contributed by atoms with E-state index in [0.29, 0.717) is 23.0 Å². The maximum atomic E-state index is 12.5. The van der Waals surface area contributed by atoms with Crippen molar-refractivity contribution in [3.05, 3.63) is 96.1 Å². The van der Waals surface area contributed by atoms with E-state index >= 15 is 0 Å². The Balaban J connectivity index is 1.50. The number of carbonyl (C=O) groups is 1. The molecule has 0 radical (unpaired) electrons. The number of nitrogens with zero attached hydrogens (tertiary/aromatic N) is 4. The molecule has 37 heavy (non-hydrogen) atoms. The minimum Gasteiger partial charge on any atom is -0.507 e. The van der Waals surface area contributed by atoms with E-state index < -0.39 is 0 Å². The normalized spacial score (nSPS) is 11.0. The van der Waals surface area contributed by atoms with Crippen LogP contribution in [-0.4, -0.2) is 44.9 Å². The van der Waals surface area contributed by atoms with Crippen LogP contribution < -0.4 is 10.2 Å². The van der Waals surface area contributed by atoms with Crippen molar-refractivity contribution < 1.29 is 14.6 Å². The summed E-state index contributed by atoms with van der Waals surface area (Å²) >= 11 is 1.25. The van der Waals surface area contributed by atoms with Crippen LogP contribution in [0.15, 0.2) is 89.6 Å². The second-order valence-corrected chi connectivity index (χ2v) is 9.08. The van der Waals surface area contributed by atoms with Crippen molar-refractivity contribution in [1.29, 1.82) is 0 Å². The third-order valence-electron chi connectivity index (χ3n) is 5.51. The van der Waals surface area contributed by atoms with Crippen LogP contribution in [0.3, 0.4) is 0 Å². The first-order chi connectivity index (χ1) is 18.0. The van der Waals surface area contributed by atoms with Crippen LogP contribution in [0.4, 0.5) is 0 Å². The fourth-order valence-electron chi connectivity index (χ4n) is 3.59. The summed E-state index contributed by atoms with van der Waals surface area (Å²) < 4.78 is 7.20. The summed E-state index contributed by atoms with van der Waals surface area (Å²) in [5.74, 6) is 1.28. The van der Waals surface area contributed by atoms with E-state index in [-0.39, 0.29) is 17.4 Å². The van der Waals surface area contributed by atoms with Gasteiger partial charge in [-0.1, -0.05) is 59.8 Å². The molecule has 2 N–H and O–H groups in total. The topological polar surface area (TPSA) is 102 Å². The van der Waals surface area contributed by atoms with Crippen molar-refractivity contribution in [2.45, 2.75) is 18.5 Å². The highest BCUT2D eigenvalue weighted by Gasteiger charge is 2.17. The highest BCUT2D eigenvalue weighted by atomic mass is 32.2. The van der Waals surface area contributed by atoms with Crippen molar-refractivity contribution >= 4 is 23.9 Å². The van der Waals surface area contributed by atoms with Crippen LogP contribution in [-0.2, 0) is 11.2 Å². The van der Waals surface area contributed by atoms with Gasteiger partial charge < -0.3 is 9.84 Å².